The van der Waals surface area contributed by atoms with Crippen molar-refractivity contribution in [2.75, 3.05) is 7.11 Å². The van der Waals surface area contributed by atoms with E-state index in [1.807, 2.05) is 0 Å². The Morgan fingerprint density at radius 3 is 1.34 bits per heavy atom. The first-order chi connectivity index (χ1) is 18.0. The van der Waals surface area contributed by atoms with Crippen LogP contribution in [0.1, 0.15) is 53.4 Å². The Kier molecular flexibility index (Phi) is 10.4. The Hall–Kier alpha value is -0.520. The molecule has 13 heteroatoms. The van der Waals surface area contributed by atoms with Gasteiger partial charge >= 0.3 is 0 Å². The summed E-state index contributed by atoms with van der Waals surface area (Å²) in [5, 5.41) is 51.8. The maximum Gasteiger partial charge on any atom is 0.161 e. The third-order valence-electron chi connectivity index (χ3n) is 7.82. The van der Waals surface area contributed by atoms with E-state index in [0.29, 0.717) is 6.42 Å². The average Bonchev–Trinajstić information content (AvgIpc) is 2.83. The Morgan fingerprint density at radius 1 is 0.526 bits per heavy atom. The first-order valence-electron chi connectivity index (χ1n) is 13.5. The van der Waals surface area contributed by atoms with Crippen molar-refractivity contribution in [2.24, 2.45) is 0 Å². The largest absolute Gasteiger partial charge is 0.390 e. The van der Waals surface area contributed by atoms with Crippen molar-refractivity contribution in [1.82, 2.24) is 0 Å². The summed E-state index contributed by atoms with van der Waals surface area (Å²) in [6, 6.07) is 0. The molecule has 0 aliphatic carbocycles. The molecular weight excluding hydrogens is 508 g/mol. The number of methoxy groups -OCH3 is 1. The molecule has 4 fully saturated rings. The lowest BCUT2D eigenvalue weighted by molar-refractivity contribution is -0.342. The minimum absolute atomic E-state index is 0.0244. The fourth-order valence-corrected chi connectivity index (χ4v) is 5.70. The van der Waals surface area contributed by atoms with Crippen LogP contribution in [0.4, 0.5) is 0 Å². The molecule has 4 rings (SSSR count). The zero-order chi connectivity index (χ0) is 27.7. The van der Waals surface area contributed by atoms with Gasteiger partial charge in [-0.05, 0) is 27.7 Å². The SMILES string of the molecule is CO[C@H]1C[C@H](O[C@H]2[C@@H](O)C[C@H](O[C@H]3[C@H](O)C[C@H](O[C@H]4[C@@H](O)C[C@H](O)O[C@@H]4C)O[C@@H]3C)O[C@@H]2C)O[C@H](C)[C@H]1O. The molecular formula is C25H44O13. The fourth-order valence-electron chi connectivity index (χ4n) is 5.70. The molecule has 0 aromatic carbocycles. The van der Waals surface area contributed by atoms with E-state index in [1.165, 1.54) is 7.11 Å². The highest BCUT2D eigenvalue weighted by atomic mass is 16.7. The van der Waals surface area contributed by atoms with Crippen LogP contribution < -0.4 is 0 Å². The minimum atomic E-state index is -1.05. The predicted molar refractivity (Wildman–Crippen MR) is 127 cm³/mol. The summed E-state index contributed by atoms with van der Waals surface area (Å²) in [6.07, 6.45) is -11.1. The fraction of sp³-hybridized carbons (Fsp3) is 1.00. The van der Waals surface area contributed by atoms with Crippen LogP contribution in [0.3, 0.4) is 0 Å². The second kappa shape index (κ2) is 13.0. The second-order valence-electron chi connectivity index (χ2n) is 10.8. The van der Waals surface area contributed by atoms with Crippen LogP contribution in [0, 0.1) is 0 Å². The van der Waals surface area contributed by atoms with Crippen molar-refractivity contribution in [3.63, 3.8) is 0 Å². The maximum absolute atomic E-state index is 10.8. The van der Waals surface area contributed by atoms with Gasteiger partial charge in [-0.15, -0.1) is 0 Å². The molecule has 4 aliphatic heterocycles. The van der Waals surface area contributed by atoms with E-state index in [9.17, 15) is 25.5 Å². The van der Waals surface area contributed by atoms with E-state index in [0.717, 1.165) is 0 Å². The summed E-state index contributed by atoms with van der Waals surface area (Å²) < 4.78 is 46.3. The smallest absolute Gasteiger partial charge is 0.161 e. The van der Waals surface area contributed by atoms with Gasteiger partial charge < -0.3 is 63.4 Å². The van der Waals surface area contributed by atoms with Crippen molar-refractivity contribution in [3.8, 4) is 0 Å². The van der Waals surface area contributed by atoms with Gasteiger partial charge in [0.1, 0.15) is 24.4 Å². The maximum atomic E-state index is 10.8. The zero-order valence-electron chi connectivity index (χ0n) is 22.6. The molecule has 4 heterocycles. The number of rotatable bonds is 7. The quantitative estimate of drug-likeness (QED) is 0.264. The van der Waals surface area contributed by atoms with E-state index in [-0.39, 0.29) is 19.3 Å². The van der Waals surface area contributed by atoms with Crippen molar-refractivity contribution >= 4 is 0 Å². The van der Waals surface area contributed by atoms with Crippen LogP contribution >= 0.6 is 0 Å². The lowest BCUT2D eigenvalue weighted by Gasteiger charge is -2.45. The highest BCUT2D eigenvalue weighted by molar-refractivity contribution is 4.89. The summed E-state index contributed by atoms with van der Waals surface area (Å²) in [5.74, 6) is 0. The molecule has 38 heavy (non-hydrogen) atoms. The highest BCUT2D eigenvalue weighted by Gasteiger charge is 2.46. The lowest BCUT2D eigenvalue weighted by atomic mass is 9.99. The molecule has 13 nitrogen and oxygen atoms in total. The summed E-state index contributed by atoms with van der Waals surface area (Å²) in [7, 11) is 1.52. The number of ether oxygens (including phenoxy) is 8. The van der Waals surface area contributed by atoms with Gasteiger partial charge in [-0.2, -0.15) is 0 Å². The molecule has 0 aromatic heterocycles. The first-order valence-corrected chi connectivity index (χ1v) is 13.5. The number of hydrogen-bond acceptors (Lipinski definition) is 13. The molecule has 0 bridgehead atoms. The lowest BCUT2D eigenvalue weighted by Crippen LogP contribution is -2.57. The van der Waals surface area contributed by atoms with Gasteiger partial charge in [-0.3, -0.25) is 0 Å². The normalized spacial score (nSPS) is 52.6. The van der Waals surface area contributed by atoms with E-state index < -0.39 is 98.4 Å². The first kappa shape index (κ1) is 30.4. The minimum Gasteiger partial charge on any atom is -0.390 e. The third kappa shape index (κ3) is 7.03. The molecule has 0 aromatic rings. The molecule has 4 saturated heterocycles. The summed E-state index contributed by atoms with van der Waals surface area (Å²) in [4.78, 5) is 0. The molecule has 16 atom stereocenters. The molecule has 0 spiro atoms. The van der Waals surface area contributed by atoms with Crippen molar-refractivity contribution in [1.29, 1.82) is 0 Å². The standard InChI is InChI=1S/C25H44O13/c1-10-22(30)17(31-5)9-21(33-10)38-25-13(4)35-20(8-16(25)28)37-24-12(3)34-19(7-15(24)27)36-23-11(2)32-18(29)6-14(23)26/h10-30H,6-9H2,1-5H3/t10-,11-,12-,13-,14+,15-,16+,17+,18-,19+,20+,21+,22-,23-,24-,25-/m1/s1. The van der Waals surface area contributed by atoms with E-state index in [4.69, 9.17) is 37.9 Å². The summed E-state index contributed by atoms with van der Waals surface area (Å²) in [6.45, 7) is 6.92. The molecule has 0 radical (unpaired) electrons. The Balaban J connectivity index is 1.27. The van der Waals surface area contributed by atoms with E-state index in [2.05, 4.69) is 0 Å². The van der Waals surface area contributed by atoms with Crippen LogP contribution in [-0.2, 0) is 37.9 Å². The van der Waals surface area contributed by atoms with Crippen molar-refractivity contribution < 1.29 is 63.4 Å². The number of aliphatic hydroxyl groups excluding tert-OH is 5. The molecule has 0 unspecified atom stereocenters. The van der Waals surface area contributed by atoms with Gasteiger partial charge in [0.05, 0.1) is 48.8 Å². The highest BCUT2D eigenvalue weighted by Crippen LogP contribution is 2.33. The van der Waals surface area contributed by atoms with Crippen LogP contribution in [0.25, 0.3) is 0 Å². The molecule has 222 valence electrons. The monoisotopic (exact) mass is 552 g/mol. The van der Waals surface area contributed by atoms with Gasteiger partial charge in [-0.1, -0.05) is 0 Å². The van der Waals surface area contributed by atoms with E-state index in [1.54, 1.807) is 27.7 Å². The van der Waals surface area contributed by atoms with Crippen molar-refractivity contribution in [2.45, 2.75) is 152 Å². The number of hydrogen-bond donors (Lipinski definition) is 5. The molecule has 0 saturated carbocycles. The molecule has 5 N–H and O–H groups in total. The van der Waals surface area contributed by atoms with Crippen LogP contribution in [0.5, 0.6) is 0 Å². The van der Waals surface area contributed by atoms with Gasteiger partial charge in [-0.25, -0.2) is 0 Å². The topological polar surface area (TPSA) is 175 Å². The molecule has 4 aliphatic rings. The third-order valence-corrected chi connectivity index (χ3v) is 7.82. The van der Waals surface area contributed by atoms with Crippen molar-refractivity contribution in [3.05, 3.63) is 0 Å². The Morgan fingerprint density at radius 2 is 0.921 bits per heavy atom. The van der Waals surface area contributed by atoms with Crippen LogP contribution in [0.2, 0.25) is 0 Å². The van der Waals surface area contributed by atoms with Gasteiger partial charge in [0.15, 0.2) is 25.2 Å². The van der Waals surface area contributed by atoms with E-state index >= 15 is 0 Å². The van der Waals surface area contributed by atoms with Gasteiger partial charge in [0.25, 0.3) is 0 Å². The Labute approximate surface area is 222 Å². The molecule has 0 amide bonds. The van der Waals surface area contributed by atoms with Crippen LogP contribution in [-0.4, -0.2) is 131 Å². The zero-order valence-corrected chi connectivity index (χ0v) is 22.6. The van der Waals surface area contributed by atoms with Gasteiger partial charge in [0.2, 0.25) is 0 Å². The van der Waals surface area contributed by atoms with Crippen LogP contribution in [0.15, 0.2) is 0 Å². The number of aliphatic hydroxyl groups is 5. The Bertz CT molecular complexity index is 708. The second-order valence-corrected chi connectivity index (χ2v) is 10.8. The summed E-state index contributed by atoms with van der Waals surface area (Å²) in [5.41, 5.74) is 0. The van der Waals surface area contributed by atoms with Gasteiger partial charge in [0, 0.05) is 32.8 Å². The summed E-state index contributed by atoms with van der Waals surface area (Å²) >= 11 is 0. The predicted octanol–water partition coefficient (Wildman–Crippen LogP) is -0.867. The average molecular weight is 553 g/mol.